The maximum atomic E-state index is 2.64. The minimum absolute atomic E-state index is 0. The number of halogens is 1. The summed E-state index contributed by atoms with van der Waals surface area (Å²) in [5.41, 5.74) is 3.12. The van der Waals surface area contributed by atoms with E-state index in [4.69, 9.17) is 0 Å². The van der Waals surface area contributed by atoms with Crippen LogP contribution in [0.25, 0.3) is 10.8 Å². The summed E-state index contributed by atoms with van der Waals surface area (Å²) in [5.74, 6) is 0. The molecule has 1 nitrogen and oxygen atoms in total. The smallest absolute Gasteiger partial charge is 0.0249 e. The highest BCUT2D eigenvalue weighted by molar-refractivity contribution is 5.87. The molecule has 2 heteroatoms. The molecular weight excluding hydrogens is 230 g/mol. The second-order valence-corrected chi connectivity index (χ2v) is 5.06. The van der Waals surface area contributed by atoms with E-state index >= 15 is 0 Å². The third-order valence-corrected chi connectivity index (χ3v) is 3.94. The summed E-state index contributed by atoms with van der Waals surface area (Å²) in [5, 5.41) is 2.85. The molecule has 2 aromatic carbocycles. The minimum atomic E-state index is 0. The molecule has 4 rings (SSSR count). The first kappa shape index (κ1) is 11.1. The molecule has 1 aliphatic carbocycles. The first-order chi connectivity index (χ1) is 7.92. The van der Waals surface area contributed by atoms with Gasteiger partial charge in [0.05, 0.1) is 0 Å². The predicted molar refractivity (Wildman–Crippen MR) is 73.5 cm³/mol. The lowest BCUT2D eigenvalue weighted by Crippen LogP contribution is -2.18. The van der Waals surface area contributed by atoms with E-state index in [0.717, 1.165) is 6.04 Å². The van der Waals surface area contributed by atoms with Gasteiger partial charge in [-0.25, -0.2) is 0 Å². The molecule has 1 fully saturated rings. The highest BCUT2D eigenvalue weighted by Gasteiger charge is 2.33. The minimum Gasteiger partial charge on any atom is -0.292 e. The van der Waals surface area contributed by atoms with Crippen molar-refractivity contribution in [1.29, 1.82) is 0 Å². The average molecular weight is 246 g/mol. The Balaban J connectivity index is 0.000000902. The Morgan fingerprint density at radius 2 is 1.76 bits per heavy atom. The van der Waals surface area contributed by atoms with Crippen LogP contribution in [0.4, 0.5) is 0 Å². The van der Waals surface area contributed by atoms with Crippen LogP contribution in [0.1, 0.15) is 24.0 Å². The van der Waals surface area contributed by atoms with Crippen molar-refractivity contribution in [2.45, 2.75) is 32.0 Å². The Morgan fingerprint density at radius 3 is 2.59 bits per heavy atom. The quantitative estimate of drug-likeness (QED) is 0.740. The Bertz CT molecular complexity index is 560. The van der Waals surface area contributed by atoms with Gasteiger partial charge in [-0.15, -0.1) is 12.4 Å². The first-order valence-corrected chi connectivity index (χ1v) is 6.15. The van der Waals surface area contributed by atoms with E-state index in [-0.39, 0.29) is 12.4 Å². The lowest BCUT2D eigenvalue weighted by Gasteiger charge is -2.12. The van der Waals surface area contributed by atoms with E-state index in [1.54, 1.807) is 11.1 Å². The van der Waals surface area contributed by atoms with Crippen LogP contribution < -0.4 is 0 Å². The van der Waals surface area contributed by atoms with E-state index in [9.17, 15) is 0 Å². The van der Waals surface area contributed by atoms with Gasteiger partial charge in [0.15, 0.2) is 0 Å². The summed E-state index contributed by atoms with van der Waals surface area (Å²) in [6.07, 6.45) is 2.82. The van der Waals surface area contributed by atoms with E-state index in [0.29, 0.717) is 0 Å². The molecule has 0 spiro atoms. The molecule has 2 aliphatic rings. The van der Waals surface area contributed by atoms with Gasteiger partial charge >= 0.3 is 0 Å². The highest BCUT2D eigenvalue weighted by atomic mass is 35.5. The molecule has 0 radical (unpaired) electrons. The SMILES string of the molecule is Cl.c1ccc2c3c(ccc2c1)CN(C1CC1)C3. The topological polar surface area (TPSA) is 3.24 Å². The van der Waals surface area contributed by atoms with Gasteiger partial charge in [-0.05, 0) is 34.7 Å². The van der Waals surface area contributed by atoms with E-state index in [2.05, 4.69) is 41.3 Å². The van der Waals surface area contributed by atoms with Crippen molar-refractivity contribution in [2.24, 2.45) is 0 Å². The first-order valence-electron chi connectivity index (χ1n) is 6.15. The van der Waals surface area contributed by atoms with E-state index in [1.165, 1.54) is 36.7 Å². The zero-order chi connectivity index (χ0) is 10.5. The van der Waals surface area contributed by atoms with Crippen molar-refractivity contribution in [2.75, 3.05) is 0 Å². The number of hydrogen-bond acceptors (Lipinski definition) is 1. The lowest BCUT2D eigenvalue weighted by molar-refractivity contribution is 0.274. The molecule has 0 unspecified atom stereocenters. The molecule has 1 aliphatic heterocycles. The van der Waals surface area contributed by atoms with Crippen molar-refractivity contribution in [3.05, 3.63) is 47.5 Å². The van der Waals surface area contributed by atoms with Gasteiger partial charge in [-0.2, -0.15) is 0 Å². The molecule has 88 valence electrons. The number of rotatable bonds is 1. The maximum Gasteiger partial charge on any atom is 0.0249 e. The van der Waals surface area contributed by atoms with E-state index < -0.39 is 0 Å². The maximum absolute atomic E-state index is 2.64. The zero-order valence-electron chi connectivity index (χ0n) is 9.73. The standard InChI is InChI=1S/C15H15N.ClH/c1-2-4-14-11(3-1)5-6-12-9-16(10-15(12)14)13-7-8-13;/h1-6,13H,7-10H2;1H. The van der Waals surface area contributed by atoms with Crippen LogP contribution in [-0.2, 0) is 13.1 Å². The molecule has 0 saturated heterocycles. The fraction of sp³-hybridized carbons (Fsp3) is 0.333. The molecule has 1 saturated carbocycles. The lowest BCUT2D eigenvalue weighted by atomic mass is 10.0. The van der Waals surface area contributed by atoms with Crippen molar-refractivity contribution < 1.29 is 0 Å². The van der Waals surface area contributed by atoms with Crippen LogP contribution in [0.3, 0.4) is 0 Å². The highest BCUT2D eigenvalue weighted by Crippen LogP contribution is 2.37. The Labute approximate surface area is 108 Å². The third-order valence-electron chi connectivity index (χ3n) is 3.94. The molecule has 0 aromatic heterocycles. The number of nitrogens with zero attached hydrogens (tertiary/aromatic N) is 1. The normalized spacial score (nSPS) is 19.1. The summed E-state index contributed by atoms with van der Waals surface area (Å²) in [6, 6.07) is 14.2. The molecule has 0 bridgehead atoms. The Hall–Kier alpha value is -1.05. The Morgan fingerprint density at radius 1 is 0.941 bits per heavy atom. The number of benzene rings is 2. The van der Waals surface area contributed by atoms with Crippen molar-refractivity contribution >= 4 is 23.2 Å². The van der Waals surface area contributed by atoms with Gasteiger partial charge in [0.25, 0.3) is 0 Å². The molecule has 2 aromatic rings. The third kappa shape index (κ3) is 1.74. The molecule has 0 N–H and O–H groups in total. The van der Waals surface area contributed by atoms with Crippen LogP contribution in [0.15, 0.2) is 36.4 Å². The molecule has 17 heavy (non-hydrogen) atoms. The molecular formula is C15H16ClN. The van der Waals surface area contributed by atoms with Gasteiger partial charge in [-0.3, -0.25) is 4.90 Å². The summed E-state index contributed by atoms with van der Waals surface area (Å²) in [7, 11) is 0. The summed E-state index contributed by atoms with van der Waals surface area (Å²) in [4.78, 5) is 2.64. The van der Waals surface area contributed by atoms with Crippen molar-refractivity contribution in [1.82, 2.24) is 4.90 Å². The van der Waals surface area contributed by atoms with Gasteiger partial charge in [0, 0.05) is 19.1 Å². The van der Waals surface area contributed by atoms with Gasteiger partial charge in [0.1, 0.15) is 0 Å². The fourth-order valence-corrected chi connectivity index (χ4v) is 2.89. The van der Waals surface area contributed by atoms with E-state index in [1.807, 2.05) is 0 Å². The molecule has 1 heterocycles. The molecule has 0 amide bonds. The van der Waals surface area contributed by atoms with Crippen LogP contribution in [-0.4, -0.2) is 10.9 Å². The molecule has 0 atom stereocenters. The Kier molecular flexibility index (Phi) is 2.61. The average Bonchev–Trinajstić information content (AvgIpc) is 3.08. The van der Waals surface area contributed by atoms with Crippen LogP contribution >= 0.6 is 12.4 Å². The van der Waals surface area contributed by atoms with Gasteiger partial charge in [-0.1, -0.05) is 36.4 Å². The summed E-state index contributed by atoms with van der Waals surface area (Å²) < 4.78 is 0. The largest absolute Gasteiger partial charge is 0.292 e. The summed E-state index contributed by atoms with van der Waals surface area (Å²) >= 11 is 0. The van der Waals surface area contributed by atoms with Gasteiger partial charge in [0.2, 0.25) is 0 Å². The van der Waals surface area contributed by atoms with Crippen LogP contribution in [0, 0.1) is 0 Å². The monoisotopic (exact) mass is 245 g/mol. The second-order valence-electron chi connectivity index (χ2n) is 5.06. The zero-order valence-corrected chi connectivity index (χ0v) is 10.5. The number of hydrogen-bond donors (Lipinski definition) is 0. The fourth-order valence-electron chi connectivity index (χ4n) is 2.89. The summed E-state index contributed by atoms with van der Waals surface area (Å²) in [6.45, 7) is 2.34. The number of fused-ring (bicyclic) bond motifs is 3. The van der Waals surface area contributed by atoms with Crippen molar-refractivity contribution in [3.8, 4) is 0 Å². The predicted octanol–water partition coefficient (Wildman–Crippen LogP) is 3.74. The second kappa shape index (κ2) is 4.01. The van der Waals surface area contributed by atoms with Crippen molar-refractivity contribution in [3.63, 3.8) is 0 Å². The van der Waals surface area contributed by atoms with Crippen LogP contribution in [0.5, 0.6) is 0 Å². The van der Waals surface area contributed by atoms with Crippen LogP contribution in [0.2, 0.25) is 0 Å². The van der Waals surface area contributed by atoms with Gasteiger partial charge < -0.3 is 0 Å².